The van der Waals surface area contributed by atoms with Gasteiger partial charge >= 0.3 is 0 Å². The Morgan fingerprint density at radius 1 is 0.242 bits per heavy atom. The minimum atomic E-state index is 0.700. The van der Waals surface area contributed by atoms with E-state index in [1.807, 2.05) is 36.4 Å². The predicted molar refractivity (Wildman–Crippen MR) is 258 cm³/mol. The van der Waals surface area contributed by atoms with Crippen molar-refractivity contribution in [2.75, 3.05) is 0 Å². The van der Waals surface area contributed by atoms with Gasteiger partial charge in [-0.05, 0) is 95.1 Å². The van der Waals surface area contributed by atoms with Crippen molar-refractivity contribution >= 4 is 43.6 Å². The Bertz CT molecular complexity index is 3530. The van der Waals surface area contributed by atoms with E-state index < -0.39 is 0 Å². The van der Waals surface area contributed by atoms with Gasteiger partial charge in [-0.2, -0.15) is 0 Å². The van der Waals surface area contributed by atoms with Crippen molar-refractivity contribution in [3.05, 3.63) is 231 Å². The average Bonchev–Trinajstić information content (AvgIpc) is 3.87. The lowest BCUT2D eigenvalue weighted by Crippen LogP contribution is -1.97. The minimum Gasteiger partial charge on any atom is -0.309 e. The summed E-state index contributed by atoms with van der Waals surface area (Å²) in [5.41, 5.74) is 16.6. The number of benzene rings is 9. The first-order valence-corrected chi connectivity index (χ1v) is 21.1. The summed E-state index contributed by atoms with van der Waals surface area (Å²) < 4.78 is 4.74. The molecule has 0 bridgehead atoms. The molecule has 0 saturated carbocycles. The summed E-state index contributed by atoms with van der Waals surface area (Å²) in [5, 5.41) is 4.96. The summed E-state index contributed by atoms with van der Waals surface area (Å²) in [6.45, 7) is 0. The molecule has 0 N–H and O–H groups in total. The summed E-state index contributed by atoms with van der Waals surface area (Å²) in [6, 6.07) is 82.1. The van der Waals surface area contributed by atoms with Crippen molar-refractivity contribution in [1.29, 1.82) is 0 Å². The first kappa shape index (κ1) is 35.6. The van der Waals surface area contributed by atoms with E-state index in [1.54, 1.807) is 0 Å². The Hall–Kier alpha value is -8.34. The molecule has 0 spiro atoms. The second kappa shape index (κ2) is 14.7. The van der Waals surface area contributed by atoms with Gasteiger partial charge in [0.15, 0.2) is 5.82 Å². The summed E-state index contributed by atoms with van der Waals surface area (Å²) in [6.07, 6.45) is 0. The number of hydrogen-bond acceptors (Lipinski definition) is 2. The number of para-hydroxylation sites is 3. The van der Waals surface area contributed by atoms with E-state index >= 15 is 0 Å². The van der Waals surface area contributed by atoms with E-state index in [2.05, 4.69) is 203 Å². The third kappa shape index (κ3) is 6.08. The molecule has 9 aromatic carbocycles. The van der Waals surface area contributed by atoms with E-state index in [0.29, 0.717) is 5.82 Å². The van der Waals surface area contributed by atoms with Gasteiger partial charge in [-0.3, -0.25) is 0 Å². The lowest BCUT2D eigenvalue weighted by Gasteiger charge is -2.11. The van der Waals surface area contributed by atoms with Gasteiger partial charge in [0.25, 0.3) is 0 Å². The Morgan fingerprint density at radius 3 is 1.27 bits per heavy atom. The zero-order valence-electron chi connectivity index (χ0n) is 33.7. The molecule has 0 aliphatic carbocycles. The van der Waals surface area contributed by atoms with Crippen molar-refractivity contribution in [2.45, 2.75) is 0 Å². The molecule has 0 aliphatic rings. The molecule has 0 unspecified atom stereocenters. The Labute approximate surface area is 359 Å². The van der Waals surface area contributed by atoms with E-state index in [9.17, 15) is 0 Å². The smallest absolute Gasteiger partial charge is 0.160 e. The standard InChI is InChI=1S/C58H38N4/c1-4-14-41(15-5-1)52-38-53(42-16-6-2-7-17-42)60-58(59-52)43-28-32-47(33-29-43)61-55-23-13-11-21-49(55)51-36-44(31-35-56(51)61)39-24-26-40(27-25-39)45-30-34-50-48-20-10-12-22-54(48)62(57(50)37-45)46-18-8-3-9-19-46/h1-38H. The van der Waals surface area contributed by atoms with Gasteiger partial charge in [-0.15, -0.1) is 0 Å². The fourth-order valence-corrected chi connectivity index (χ4v) is 9.14. The summed E-state index contributed by atoms with van der Waals surface area (Å²) in [5.74, 6) is 0.700. The third-order valence-electron chi connectivity index (χ3n) is 12.2. The fraction of sp³-hybridized carbons (Fsp3) is 0. The molecule has 12 aromatic rings. The van der Waals surface area contributed by atoms with E-state index in [4.69, 9.17) is 9.97 Å². The molecular formula is C58H38N4. The Balaban J connectivity index is 0.892. The largest absolute Gasteiger partial charge is 0.309 e. The number of fused-ring (bicyclic) bond motifs is 6. The lowest BCUT2D eigenvalue weighted by molar-refractivity contribution is 1.16. The van der Waals surface area contributed by atoms with Crippen LogP contribution in [0.2, 0.25) is 0 Å². The first-order chi connectivity index (χ1) is 30.7. The van der Waals surface area contributed by atoms with Crippen molar-refractivity contribution in [1.82, 2.24) is 19.1 Å². The van der Waals surface area contributed by atoms with Crippen LogP contribution in [0, 0.1) is 0 Å². The molecule has 4 heteroatoms. The van der Waals surface area contributed by atoms with Crippen LogP contribution in [0.4, 0.5) is 0 Å². The molecule has 62 heavy (non-hydrogen) atoms. The molecule has 3 heterocycles. The SMILES string of the molecule is c1ccc(-c2cc(-c3ccccc3)nc(-c3ccc(-n4c5ccccc5c5cc(-c6ccc(-c7ccc8c9ccccc9n(-c9ccccc9)c8c7)cc6)ccc54)cc3)n2)cc1. The van der Waals surface area contributed by atoms with Crippen LogP contribution in [-0.4, -0.2) is 19.1 Å². The molecule has 3 aromatic heterocycles. The second-order valence-corrected chi connectivity index (χ2v) is 15.8. The quantitative estimate of drug-likeness (QED) is 0.161. The van der Waals surface area contributed by atoms with Crippen molar-refractivity contribution in [2.24, 2.45) is 0 Å². The lowest BCUT2D eigenvalue weighted by atomic mass is 9.98. The highest BCUT2D eigenvalue weighted by Gasteiger charge is 2.17. The van der Waals surface area contributed by atoms with Crippen molar-refractivity contribution in [3.63, 3.8) is 0 Å². The number of rotatable bonds is 7. The van der Waals surface area contributed by atoms with Crippen LogP contribution in [0.5, 0.6) is 0 Å². The van der Waals surface area contributed by atoms with Gasteiger partial charge in [-0.25, -0.2) is 9.97 Å². The van der Waals surface area contributed by atoms with Gasteiger partial charge in [0, 0.05) is 49.6 Å². The van der Waals surface area contributed by atoms with E-state index in [1.165, 1.54) is 60.3 Å². The normalized spacial score (nSPS) is 11.5. The molecule has 0 aliphatic heterocycles. The zero-order chi connectivity index (χ0) is 41.0. The minimum absolute atomic E-state index is 0.700. The summed E-state index contributed by atoms with van der Waals surface area (Å²) in [4.78, 5) is 10.1. The number of aromatic nitrogens is 4. The van der Waals surface area contributed by atoms with Crippen LogP contribution in [0.25, 0.3) is 111 Å². The second-order valence-electron chi connectivity index (χ2n) is 15.8. The van der Waals surface area contributed by atoms with Crippen LogP contribution in [-0.2, 0) is 0 Å². The molecule has 12 rings (SSSR count). The molecule has 0 fully saturated rings. The topological polar surface area (TPSA) is 35.6 Å². The maximum atomic E-state index is 5.07. The Kier molecular flexibility index (Phi) is 8.46. The van der Waals surface area contributed by atoms with Crippen LogP contribution < -0.4 is 0 Å². The zero-order valence-corrected chi connectivity index (χ0v) is 33.7. The highest BCUT2D eigenvalue weighted by molar-refractivity contribution is 6.11. The van der Waals surface area contributed by atoms with Crippen LogP contribution in [0.3, 0.4) is 0 Å². The maximum Gasteiger partial charge on any atom is 0.160 e. The Morgan fingerprint density at radius 2 is 0.661 bits per heavy atom. The summed E-state index contributed by atoms with van der Waals surface area (Å²) >= 11 is 0. The van der Waals surface area contributed by atoms with Gasteiger partial charge in [0.2, 0.25) is 0 Å². The molecule has 0 saturated heterocycles. The third-order valence-corrected chi connectivity index (χ3v) is 12.2. The molecule has 0 radical (unpaired) electrons. The monoisotopic (exact) mass is 790 g/mol. The van der Waals surface area contributed by atoms with Crippen LogP contribution in [0.1, 0.15) is 0 Å². The van der Waals surface area contributed by atoms with Crippen LogP contribution >= 0.6 is 0 Å². The highest BCUT2D eigenvalue weighted by Crippen LogP contribution is 2.38. The van der Waals surface area contributed by atoms with E-state index in [-0.39, 0.29) is 0 Å². The van der Waals surface area contributed by atoms with Gasteiger partial charge in [0.1, 0.15) is 0 Å². The number of hydrogen-bond donors (Lipinski definition) is 0. The van der Waals surface area contributed by atoms with E-state index in [0.717, 1.165) is 45.0 Å². The number of nitrogens with zero attached hydrogens (tertiary/aromatic N) is 4. The van der Waals surface area contributed by atoms with Gasteiger partial charge < -0.3 is 9.13 Å². The molecule has 0 amide bonds. The molecule has 290 valence electrons. The first-order valence-electron chi connectivity index (χ1n) is 21.1. The molecular weight excluding hydrogens is 753 g/mol. The predicted octanol–water partition coefficient (Wildman–Crippen LogP) is 15.0. The summed E-state index contributed by atoms with van der Waals surface area (Å²) in [7, 11) is 0. The van der Waals surface area contributed by atoms with Crippen LogP contribution in [0.15, 0.2) is 231 Å². The van der Waals surface area contributed by atoms with Crippen molar-refractivity contribution in [3.8, 4) is 67.5 Å². The fourth-order valence-electron chi connectivity index (χ4n) is 9.14. The molecule has 0 atom stereocenters. The highest BCUT2D eigenvalue weighted by atomic mass is 15.0. The molecule has 4 nitrogen and oxygen atoms in total. The van der Waals surface area contributed by atoms with Gasteiger partial charge in [-0.1, -0.05) is 158 Å². The van der Waals surface area contributed by atoms with Crippen molar-refractivity contribution < 1.29 is 0 Å². The van der Waals surface area contributed by atoms with Gasteiger partial charge in [0.05, 0.1) is 33.5 Å². The maximum absolute atomic E-state index is 5.07. The average molecular weight is 791 g/mol.